The maximum atomic E-state index is 13.3. The summed E-state index contributed by atoms with van der Waals surface area (Å²) in [5, 5.41) is 0.257. The predicted octanol–water partition coefficient (Wildman–Crippen LogP) is 4.94. The molecule has 0 spiro atoms. The minimum atomic E-state index is -0.608. The quantitative estimate of drug-likeness (QED) is 0.506. The van der Waals surface area contributed by atoms with Crippen LogP contribution in [0.25, 0.3) is 0 Å². The van der Waals surface area contributed by atoms with Gasteiger partial charge in [-0.15, -0.1) is 11.8 Å². The molecule has 0 aliphatic carbocycles. The summed E-state index contributed by atoms with van der Waals surface area (Å²) in [6, 6.07) is 16.0. The number of esters is 1. The lowest BCUT2D eigenvalue weighted by Crippen LogP contribution is -2.44. The Morgan fingerprint density at radius 1 is 1.19 bits per heavy atom. The highest BCUT2D eigenvalue weighted by Gasteiger charge is 2.43. The average Bonchev–Trinajstić information content (AvgIpc) is 3.13. The SMILES string of the molecule is CCCCOC(=O)[C@H]1CS[C@@H](c2ccccc2)N1C(=O)c1cccc(Cl)c1. The van der Waals surface area contributed by atoms with Gasteiger partial charge in [0.1, 0.15) is 11.4 Å². The van der Waals surface area contributed by atoms with Crippen LogP contribution >= 0.6 is 23.4 Å². The Bertz CT molecular complexity index is 799. The third kappa shape index (κ3) is 4.66. The maximum absolute atomic E-state index is 13.3. The Morgan fingerprint density at radius 2 is 1.96 bits per heavy atom. The highest BCUT2D eigenvalue weighted by molar-refractivity contribution is 7.99. The fourth-order valence-electron chi connectivity index (χ4n) is 2.99. The molecule has 0 unspecified atom stereocenters. The van der Waals surface area contributed by atoms with Crippen LogP contribution in [-0.2, 0) is 9.53 Å². The van der Waals surface area contributed by atoms with Crippen molar-refractivity contribution in [3.8, 4) is 0 Å². The van der Waals surface area contributed by atoms with Crippen molar-refractivity contribution in [3.05, 3.63) is 70.7 Å². The number of hydrogen-bond acceptors (Lipinski definition) is 4. The van der Waals surface area contributed by atoms with Crippen LogP contribution in [0.4, 0.5) is 0 Å². The first-order valence-electron chi connectivity index (χ1n) is 9.03. The Morgan fingerprint density at radius 3 is 2.67 bits per heavy atom. The van der Waals surface area contributed by atoms with Gasteiger partial charge in [0.2, 0.25) is 0 Å². The molecule has 0 N–H and O–H groups in total. The molecule has 0 aromatic heterocycles. The Labute approximate surface area is 168 Å². The molecular formula is C21H22ClNO3S. The summed E-state index contributed by atoms with van der Waals surface area (Å²) in [5.74, 6) is -0.0462. The first kappa shape index (κ1) is 19.8. The third-order valence-electron chi connectivity index (χ3n) is 4.41. The second-order valence-corrected chi connectivity index (χ2v) is 7.91. The van der Waals surface area contributed by atoms with Crippen molar-refractivity contribution in [2.45, 2.75) is 31.2 Å². The molecule has 1 amide bonds. The molecule has 0 bridgehead atoms. The van der Waals surface area contributed by atoms with Gasteiger partial charge in [0, 0.05) is 16.3 Å². The van der Waals surface area contributed by atoms with Gasteiger partial charge in [-0.05, 0) is 30.2 Å². The molecule has 2 aromatic carbocycles. The summed E-state index contributed by atoms with van der Waals surface area (Å²) < 4.78 is 5.42. The summed E-state index contributed by atoms with van der Waals surface area (Å²) in [4.78, 5) is 27.6. The van der Waals surface area contributed by atoms with Gasteiger partial charge in [-0.1, -0.05) is 61.3 Å². The van der Waals surface area contributed by atoms with Crippen molar-refractivity contribution in [2.75, 3.05) is 12.4 Å². The number of benzene rings is 2. The minimum absolute atomic E-state index is 0.214. The lowest BCUT2D eigenvalue weighted by atomic mass is 10.1. The van der Waals surface area contributed by atoms with E-state index in [1.807, 2.05) is 37.3 Å². The highest BCUT2D eigenvalue weighted by Crippen LogP contribution is 2.42. The zero-order valence-electron chi connectivity index (χ0n) is 15.1. The van der Waals surface area contributed by atoms with Crippen LogP contribution in [0.15, 0.2) is 54.6 Å². The third-order valence-corrected chi connectivity index (χ3v) is 5.96. The van der Waals surface area contributed by atoms with Gasteiger partial charge in [0.15, 0.2) is 0 Å². The van der Waals surface area contributed by atoms with E-state index in [0.717, 1.165) is 18.4 Å². The van der Waals surface area contributed by atoms with Crippen LogP contribution in [0, 0.1) is 0 Å². The second-order valence-electron chi connectivity index (χ2n) is 6.36. The normalized spacial score (nSPS) is 19.1. The van der Waals surface area contributed by atoms with E-state index in [4.69, 9.17) is 16.3 Å². The van der Waals surface area contributed by atoms with E-state index in [2.05, 4.69) is 0 Å². The zero-order valence-corrected chi connectivity index (χ0v) is 16.7. The van der Waals surface area contributed by atoms with Crippen molar-refractivity contribution in [3.63, 3.8) is 0 Å². The van der Waals surface area contributed by atoms with Crippen molar-refractivity contribution in [1.82, 2.24) is 4.90 Å². The van der Waals surface area contributed by atoms with E-state index >= 15 is 0 Å². The van der Waals surface area contributed by atoms with Crippen LogP contribution in [0.2, 0.25) is 5.02 Å². The number of thioether (sulfide) groups is 1. The van der Waals surface area contributed by atoms with E-state index in [1.54, 1.807) is 40.9 Å². The van der Waals surface area contributed by atoms with E-state index in [9.17, 15) is 9.59 Å². The smallest absolute Gasteiger partial charge is 0.329 e. The van der Waals surface area contributed by atoms with Gasteiger partial charge in [-0.25, -0.2) is 4.79 Å². The van der Waals surface area contributed by atoms with Crippen LogP contribution in [0.5, 0.6) is 0 Å². The van der Waals surface area contributed by atoms with Crippen molar-refractivity contribution < 1.29 is 14.3 Å². The molecule has 0 radical (unpaired) electrons. The second kappa shape index (κ2) is 9.29. The Balaban J connectivity index is 1.89. The number of rotatable bonds is 6. The molecule has 1 aliphatic heterocycles. The monoisotopic (exact) mass is 403 g/mol. The summed E-state index contributed by atoms with van der Waals surface area (Å²) >= 11 is 7.64. The number of carbonyl (C=O) groups is 2. The van der Waals surface area contributed by atoms with Gasteiger partial charge in [0.05, 0.1) is 6.61 Å². The molecule has 0 saturated carbocycles. The van der Waals surface area contributed by atoms with E-state index in [0.29, 0.717) is 22.9 Å². The molecule has 1 aliphatic rings. The molecule has 142 valence electrons. The lowest BCUT2D eigenvalue weighted by molar-refractivity contribution is -0.148. The number of nitrogens with zero attached hydrogens (tertiary/aromatic N) is 1. The predicted molar refractivity (Wildman–Crippen MR) is 109 cm³/mol. The Kier molecular flexibility index (Phi) is 6.80. The molecule has 1 fully saturated rings. The van der Waals surface area contributed by atoms with E-state index < -0.39 is 6.04 Å². The van der Waals surface area contributed by atoms with Crippen LogP contribution in [0.3, 0.4) is 0 Å². The number of amides is 1. The molecule has 4 nitrogen and oxygen atoms in total. The van der Waals surface area contributed by atoms with Crippen LogP contribution in [0.1, 0.15) is 41.1 Å². The Hall–Kier alpha value is -1.98. The van der Waals surface area contributed by atoms with Gasteiger partial charge in [-0.3, -0.25) is 4.79 Å². The molecule has 1 heterocycles. The van der Waals surface area contributed by atoms with Crippen molar-refractivity contribution >= 4 is 35.2 Å². The van der Waals surface area contributed by atoms with Crippen molar-refractivity contribution in [2.24, 2.45) is 0 Å². The van der Waals surface area contributed by atoms with E-state index in [-0.39, 0.29) is 17.3 Å². The molecular weight excluding hydrogens is 382 g/mol. The minimum Gasteiger partial charge on any atom is -0.464 e. The first-order chi connectivity index (χ1) is 13.1. The van der Waals surface area contributed by atoms with Gasteiger partial charge < -0.3 is 9.64 Å². The molecule has 6 heteroatoms. The summed E-state index contributed by atoms with van der Waals surface area (Å²) in [6.07, 6.45) is 1.76. The number of hydrogen-bond donors (Lipinski definition) is 0. The van der Waals surface area contributed by atoms with Gasteiger partial charge in [0.25, 0.3) is 5.91 Å². The summed E-state index contributed by atoms with van der Waals surface area (Å²) in [6.45, 7) is 2.42. The molecule has 27 heavy (non-hydrogen) atoms. The first-order valence-corrected chi connectivity index (χ1v) is 10.5. The topological polar surface area (TPSA) is 46.6 Å². The van der Waals surface area contributed by atoms with E-state index in [1.165, 1.54) is 0 Å². The summed E-state index contributed by atoms with van der Waals surface area (Å²) in [7, 11) is 0. The largest absolute Gasteiger partial charge is 0.464 e. The van der Waals surface area contributed by atoms with Gasteiger partial charge >= 0.3 is 5.97 Å². The standard InChI is InChI=1S/C21H22ClNO3S/c1-2-3-12-26-21(25)18-14-27-20(15-8-5-4-6-9-15)23(18)19(24)16-10-7-11-17(22)13-16/h4-11,13,18,20H,2-3,12,14H2,1H3/t18-,20+/m1/s1. The lowest BCUT2D eigenvalue weighted by Gasteiger charge is -2.28. The average molecular weight is 404 g/mol. The van der Waals surface area contributed by atoms with Crippen LogP contribution in [-0.4, -0.2) is 35.2 Å². The highest BCUT2D eigenvalue weighted by atomic mass is 35.5. The fourth-order valence-corrected chi connectivity index (χ4v) is 4.60. The number of ether oxygens (including phenoxy) is 1. The van der Waals surface area contributed by atoms with Crippen LogP contribution < -0.4 is 0 Å². The fraction of sp³-hybridized carbons (Fsp3) is 0.333. The molecule has 1 saturated heterocycles. The molecule has 2 atom stereocenters. The summed E-state index contributed by atoms with van der Waals surface area (Å²) in [5.41, 5.74) is 1.46. The van der Waals surface area contributed by atoms with Crippen molar-refractivity contribution in [1.29, 1.82) is 0 Å². The van der Waals surface area contributed by atoms with Gasteiger partial charge in [-0.2, -0.15) is 0 Å². The zero-order chi connectivity index (χ0) is 19.2. The number of carbonyl (C=O) groups excluding carboxylic acids is 2. The number of halogens is 1. The maximum Gasteiger partial charge on any atom is 0.329 e. The number of unbranched alkanes of at least 4 members (excludes halogenated alkanes) is 1. The molecule has 3 rings (SSSR count). The molecule has 2 aromatic rings.